The number of aliphatic carboxylic acids is 2. The Morgan fingerprint density at radius 3 is 2.05 bits per heavy atom. The number of amides is 1. The predicted molar refractivity (Wildman–Crippen MR) is 191 cm³/mol. The number of carbonyl (C=O) groups is 3. The van der Waals surface area contributed by atoms with Crippen LogP contribution in [0, 0.1) is 11.3 Å². The highest BCUT2D eigenvalue weighted by atomic mass is 19.4. The summed E-state index contributed by atoms with van der Waals surface area (Å²) in [4.78, 5) is 46.8. The molecule has 2 unspecified atom stereocenters. The maximum Gasteiger partial charge on any atom is 0.416 e. The average Bonchev–Trinajstić information content (AvgIpc) is 3.15. The number of benzene rings is 1. The average molecular weight is 829 g/mol. The minimum Gasteiger partial charge on any atom is -0.490 e. The lowest BCUT2D eigenvalue weighted by Crippen LogP contribution is -2.64. The normalized spacial score (nSPS) is 16.3. The molecule has 5 N–H and O–H groups in total. The Labute approximate surface area is 328 Å². The van der Waals surface area contributed by atoms with Gasteiger partial charge in [-0.3, -0.25) is 14.5 Å². The van der Waals surface area contributed by atoms with Crippen molar-refractivity contribution in [3.8, 4) is 17.7 Å². The van der Waals surface area contributed by atoms with E-state index in [1.54, 1.807) is 6.92 Å². The number of hydrogen-bond acceptors (Lipinski definition) is 11. The van der Waals surface area contributed by atoms with E-state index in [4.69, 9.17) is 35.4 Å². The summed E-state index contributed by atoms with van der Waals surface area (Å²) in [6.45, 7) is 2.40. The van der Waals surface area contributed by atoms with E-state index in [9.17, 15) is 45.8 Å². The molecule has 0 fully saturated rings. The lowest BCUT2D eigenvalue weighted by atomic mass is 9.80. The Bertz CT molecular complexity index is 1890. The standard InChI is InChI=1S/C29H28F6N6O4.C8H14O5/c1-3-27(37)19(14-20-22(41(27)26(42)43)6-7-24(39-20)44-2)25-38-15-23(45-9-5-4-8-36)21(40-25)12-16-10-17(28(30,31)32)13-18(11-16)29(33,34)35;9-7(10)3-1-5-13-6-2-4-8(11)12/h6-7,10-11,13,15,19H,3-5,9,12,14,37H2,1-2H3,(H,42,43);1-6H2,(H,9,10)(H,11,12). The number of aromatic nitrogens is 3. The van der Waals surface area contributed by atoms with Crippen molar-refractivity contribution in [2.45, 2.75) is 88.6 Å². The molecule has 2 aromatic heterocycles. The fraction of sp³-hybridized carbons (Fsp3) is 0.486. The second kappa shape index (κ2) is 20.6. The fourth-order valence-corrected chi connectivity index (χ4v) is 5.93. The molecule has 1 aromatic carbocycles. The number of alkyl halides is 6. The van der Waals surface area contributed by atoms with Crippen molar-refractivity contribution in [2.75, 3.05) is 31.8 Å². The van der Waals surface area contributed by atoms with Gasteiger partial charge in [0.15, 0.2) is 5.75 Å². The van der Waals surface area contributed by atoms with Gasteiger partial charge in [-0.15, -0.1) is 0 Å². The van der Waals surface area contributed by atoms with Gasteiger partial charge in [-0.25, -0.2) is 19.7 Å². The number of nitriles is 1. The van der Waals surface area contributed by atoms with Crippen molar-refractivity contribution in [3.05, 3.63) is 70.4 Å². The Hall–Kier alpha value is -5.75. The van der Waals surface area contributed by atoms with Crippen molar-refractivity contribution < 1.29 is 70.3 Å². The van der Waals surface area contributed by atoms with Gasteiger partial charge in [0.1, 0.15) is 11.5 Å². The summed E-state index contributed by atoms with van der Waals surface area (Å²) in [6, 6.07) is 6.13. The molecule has 316 valence electrons. The molecule has 1 amide bonds. The van der Waals surface area contributed by atoms with Crippen LogP contribution in [0.5, 0.6) is 11.6 Å². The maximum atomic E-state index is 13.6. The van der Waals surface area contributed by atoms with Crippen LogP contribution in [-0.4, -0.2) is 80.9 Å². The van der Waals surface area contributed by atoms with E-state index in [0.29, 0.717) is 43.9 Å². The van der Waals surface area contributed by atoms with Gasteiger partial charge in [-0.1, -0.05) is 6.92 Å². The summed E-state index contributed by atoms with van der Waals surface area (Å²) in [5, 5.41) is 35.5. The van der Waals surface area contributed by atoms with E-state index in [1.807, 2.05) is 6.07 Å². The maximum absolute atomic E-state index is 13.6. The summed E-state index contributed by atoms with van der Waals surface area (Å²) >= 11 is 0. The van der Waals surface area contributed by atoms with E-state index in [2.05, 4.69) is 15.0 Å². The topological polar surface area (TPSA) is 231 Å². The van der Waals surface area contributed by atoms with Gasteiger partial charge in [0.05, 0.1) is 60.1 Å². The zero-order chi connectivity index (χ0) is 43.3. The molecule has 1 aliphatic heterocycles. The molecule has 0 saturated carbocycles. The molecule has 3 aromatic rings. The molecular weight excluding hydrogens is 786 g/mol. The number of anilines is 1. The minimum absolute atomic E-state index is 0.0112. The Kier molecular flexibility index (Phi) is 16.6. The number of nitrogens with zero attached hydrogens (tertiary/aromatic N) is 5. The molecule has 58 heavy (non-hydrogen) atoms. The molecular formula is C37H42F6N6O9. The van der Waals surface area contributed by atoms with Crippen LogP contribution in [0.4, 0.5) is 36.8 Å². The summed E-state index contributed by atoms with van der Waals surface area (Å²) < 4.78 is 97.3. The summed E-state index contributed by atoms with van der Waals surface area (Å²) in [5.41, 5.74) is 2.23. The van der Waals surface area contributed by atoms with Crippen molar-refractivity contribution >= 4 is 23.7 Å². The van der Waals surface area contributed by atoms with Crippen molar-refractivity contribution in [1.82, 2.24) is 15.0 Å². The Morgan fingerprint density at radius 2 is 1.55 bits per heavy atom. The van der Waals surface area contributed by atoms with E-state index in [0.717, 1.165) is 4.90 Å². The van der Waals surface area contributed by atoms with Crippen LogP contribution >= 0.6 is 0 Å². The van der Waals surface area contributed by atoms with Crippen molar-refractivity contribution in [1.29, 1.82) is 5.26 Å². The number of carboxylic acids is 2. The SMILES string of the molecule is CCC1(N)C(c2ncc(OCCCC#N)c(Cc3cc(C(F)(F)F)cc(C(F)(F)F)c3)n2)Cc2nc(OC)ccc2N1C(=O)O.O=C(O)CCCOCCCC(=O)O. The zero-order valence-corrected chi connectivity index (χ0v) is 31.4. The second-order valence-electron chi connectivity index (χ2n) is 12.9. The molecule has 0 saturated heterocycles. The van der Waals surface area contributed by atoms with Crippen LogP contribution in [-0.2, 0) is 39.5 Å². The first-order chi connectivity index (χ1) is 27.2. The monoisotopic (exact) mass is 828 g/mol. The van der Waals surface area contributed by atoms with Gasteiger partial charge < -0.3 is 35.3 Å². The smallest absolute Gasteiger partial charge is 0.416 e. The van der Waals surface area contributed by atoms with Crippen LogP contribution in [0.15, 0.2) is 36.5 Å². The number of pyridine rings is 1. The zero-order valence-electron chi connectivity index (χ0n) is 31.4. The van der Waals surface area contributed by atoms with Gasteiger partial charge in [-0.2, -0.15) is 31.6 Å². The van der Waals surface area contributed by atoms with Gasteiger partial charge in [0, 0.05) is 51.4 Å². The molecule has 3 heterocycles. The van der Waals surface area contributed by atoms with Crippen molar-refractivity contribution in [3.63, 3.8) is 0 Å². The lowest BCUT2D eigenvalue weighted by molar-refractivity contribution is -0.143. The van der Waals surface area contributed by atoms with Gasteiger partial charge in [0.2, 0.25) is 5.88 Å². The van der Waals surface area contributed by atoms with Crippen LogP contribution in [0.2, 0.25) is 0 Å². The summed E-state index contributed by atoms with van der Waals surface area (Å²) in [5.74, 6) is -2.49. The molecule has 1 aliphatic rings. The summed E-state index contributed by atoms with van der Waals surface area (Å²) in [6.07, 6.45) is -9.18. The minimum atomic E-state index is -5.06. The molecule has 15 nitrogen and oxygen atoms in total. The number of hydrogen-bond donors (Lipinski definition) is 4. The van der Waals surface area contributed by atoms with Gasteiger partial charge in [-0.05, 0) is 55.5 Å². The highest BCUT2D eigenvalue weighted by molar-refractivity contribution is 5.89. The number of nitrogens with two attached hydrogens (primary N) is 1. The number of carboxylic acid groups (broad SMARTS) is 3. The van der Waals surface area contributed by atoms with Crippen LogP contribution < -0.4 is 20.1 Å². The first kappa shape index (κ1) is 46.6. The highest BCUT2D eigenvalue weighted by Gasteiger charge is 2.50. The molecule has 0 spiro atoms. The summed E-state index contributed by atoms with van der Waals surface area (Å²) in [7, 11) is 1.38. The third kappa shape index (κ3) is 12.9. The number of rotatable bonds is 17. The first-order valence-corrected chi connectivity index (χ1v) is 17.8. The molecule has 21 heteroatoms. The quantitative estimate of drug-likeness (QED) is 0.0809. The lowest BCUT2D eigenvalue weighted by Gasteiger charge is -2.47. The third-order valence-corrected chi connectivity index (χ3v) is 8.78. The highest BCUT2D eigenvalue weighted by Crippen LogP contribution is 2.44. The predicted octanol–water partition coefficient (Wildman–Crippen LogP) is 6.81. The number of fused-ring (bicyclic) bond motifs is 1. The van der Waals surface area contributed by atoms with Gasteiger partial charge in [0.25, 0.3) is 0 Å². The first-order valence-electron chi connectivity index (χ1n) is 17.8. The molecule has 2 atom stereocenters. The molecule has 0 radical (unpaired) electrons. The Morgan fingerprint density at radius 1 is 0.948 bits per heavy atom. The van der Waals surface area contributed by atoms with Crippen LogP contribution in [0.3, 0.4) is 0 Å². The number of methoxy groups -OCH3 is 1. The van der Waals surface area contributed by atoms with Crippen LogP contribution in [0.25, 0.3) is 0 Å². The van der Waals surface area contributed by atoms with Crippen molar-refractivity contribution in [2.24, 2.45) is 5.73 Å². The van der Waals surface area contributed by atoms with E-state index < -0.39 is 59.5 Å². The van der Waals surface area contributed by atoms with E-state index in [-0.39, 0.29) is 85.6 Å². The Balaban J connectivity index is 0.000000594. The third-order valence-electron chi connectivity index (χ3n) is 8.78. The number of halogens is 6. The largest absolute Gasteiger partial charge is 0.490 e. The van der Waals surface area contributed by atoms with E-state index in [1.165, 1.54) is 25.4 Å². The number of unbranched alkanes of at least 4 members (excludes halogenated alkanes) is 1. The number of ether oxygens (including phenoxy) is 3. The molecule has 4 rings (SSSR count). The van der Waals surface area contributed by atoms with Gasteiger partial charge >= 0.3 is 30.4 Å². The second-order valence-corrected chi connectivity index (χ2v) is 12.9. The molecule has 0 aliphatic carbocycles. The molecule has 0 bridgehead atoms. The van der Waals surface area contributed by atoms with E-state index >= 15 is 0 Å². The van der Waals surface area contributed by atoms with Crippen LogP contribution in [0.1, 0.15) is 91.7 Å². The fourth-order valence-electron chi connectivity index (χ4n) is 5.93.